The lowest BCUT2D eigenvalue weighted by molar-refractivity contribution is 0.102. The molecule has 4 heteroatoms. The van der Waals surface area contributed by atoms with Crippen molar-refractivity contribution in [1.29, 1.82) is 0 Å². The van der Waals surface area contributed by atoms with Crippen molar-refractivity contribution in [2.45, 2.75) is 0 Å². The second-order valence-corrected chi connectivity index (χ2v) is 7.10. The number of hydrogen-bond donors (Lipinski definition) is 1. The van der Waals surface area contributed by atoms with Crippen LogP contribution in [0.2, 0.25) is 0 Å². The molecule has 0 spiro atoms. The summed E-state index contributed by atoms with van der Waals surface area (Å²) < 4.78 is 1.98. The highest BCUT2D eigenvalue weighted by Crippen LogP contribution is 2.24. The molecular formula is C19H13BrINO. The standard InChI is InChI=1S/C19H13BrINO/c20-16-10-11-18(17(21)12-16)22-19(23)15-8-6-14(7-9-15)13-4-2-1-3-5-13/h1-12H,(H,22,23). The number of halogens is 2. The molecule has 0 heterocycles. The molecule has 0 fully saturated rings. The van der Waals surface area contributed by atoms with Gasteiger partial charge in [0.1, 0.15) is 0 Å². The minimum atomic E-state index is -0.107. The van der Waals surface area contributed by atoms with E-state index in [4.69, 9.17) is 0 Å². The summed E-state index contributed by atoms with van der Waals surface area (Å²) in [4.78, 5) is 12.4. The molecule has 0 aromatic heterocycles. The van der Waals surface area contributed by atoms with Gasteiger partial charge in [-0.15, -0.1) is 0 Å². The number of carbonyl (C=O) groups excluding carboxylic acids is 1. The average molecular weight is 478 g/mol. The van der Waals surface area contributed by atoms with E-state index in [0.717, 1.165) is 24.9 Å². The van der Waals surface area contributed by atoms with Crippen LogP contribution >= 0.6 is 38.5 Å². The fourth-order valence-corrected chi connectivity index (χ4v) is 3.67. The summed E-state index contributed by atoms with van der Waals surface area (Å²) in [5.74, 6) is -0.107. The maximum absolute atomic E-state index is 12.4. The van der Waals surface area contributed by atoms with E-state index >= 15 is 0 Å². The number of amides is 1. The molecule has 3 rings (SSSR count). The number of nitrogens with one attached hydrogen (secondary N) is 1. The molecule has 23 heavy (non-hydrogen) atoms. The van der Waals surface area contributed by atoms with Gasteiger partial charge in [0.15, 0.2) is 0 Å². The molecular weight excluding hydrogens is 465 g/mol. The van der Waals surface area contributed by atoms with Gasteiger partial charge in [0.2, 0.25) is 0 Å². The predicted molar refractivity (Wildman–Crippen MR) is 107 cm³/mol. The van der Waals surface area contributed by atoms with Crippen LogP contribution in [-0.2, 0) is 0 Å². The molecule has 3 aromatic rings. The molecule has 2 nitrogen and oxygen atoms in total. The first-order valence-corrected chi connectivity index (χ1v) is 8.92. The Kier molecular flexibility index (Phi) is 5.13. The smallest absolute Gasteiger partial charge is 0.255 e. The van der Waals surface area contributed by atoms with Crippen molar-refractivity contribution in [3.63, 3.8) is 0 Å². The SMILES string of the molecule is O=C(Nc1ccc(Br)cc1I)c1ccc(-c2ccccc2)cc1. The van der Waals surface area contributed by atoms with Crippen LogP contribution < -0.4 is 5.32 Å². The van der Waals surface area contributed by atoms with Crippen LogP contribution in [-0.4, -0.2) is 5.91 Å². The van der Waals surface area contributed by atoms with Crippen LogP contribution in [0.4, 0.5) is 5.69 Å². The van der Waals surface area contributed by atoms with E-state index in [9.17, 15) is 4.79 Å². The van der Waals surface area contributed by atoms with Gasteiger partial charge in [-0.25, -0.2) is 0 Å². The zero-order chi connectivity index (χ0) is 16.2. The maximum Gasteiger partial charge on any atom is 0.255 e. The molecule has 0 bridgehead atoms. The molecule has 0 aliphatic rings. The van der Waals surface area contributed by atoms with Gasteiger partial charge < -0.3 is 5.32 Å². The first-order valence-electron chi connectivity index (χ1n) is 7.05. The number of rotatable bonds is 3. The summed E-state index contributed by atoms with van der Waals surface area (Å²) >= 11 is 5.63. The predicted octanol–water partition coefficient (Wildman–Crippen LogP) is 5.97. The van der Waals surface area contributed by atoms with Crippen molar-refractivity contribution in [2.75, 3.05) is 5.32 Å². The highest BCUT2D eigenvalue weighted by Gasteiger charge is 2.09. The minimum absolute atomic E-state index is 0.107. The molecule has 0 unspecified atom stereocenters. The van der Waals surface area contributed by atoms with Crippen molar-refractivity contribution in [2.24, 2.45) is 0 Å². The van der Waals surface area contributed by atoms with E-state index in [1.54, 1.807) is 0 Å². The van der Waals surface area contributed by atoms with Crippen molar-refractivity contribution >= 4 is 50.1 Å². The van der Waals surface area contributed by atoms with E-state index in [1.165, 1.54) is 0 Å². The molecule has 0 saturated heterocycles. The summed E-state index contributed by atoms with van der Waals surface area (Å²) in [5.41, 5.74) is 3.69. The number of hydrogen-bond acceptors (Lipinski definition) is 1. The van der Waals surface area contributed by atoms with Gasteiger partial charge in [-0.3, -0.25) is 4.79 Å². The Bertz CT molecular complexity index is 832. The van der Waals surface area contributed by atoms with Crippen LogP contribution in [0.5, 0.6) is 0 Å². The van der Waals surface area contributed by atoms with Crippen LogP contribution in [0.15, 0.2) is 77.3 Å². The fraction of sp³-hybridized carbons (Fsp3) is 0. The van der Waals surface area contributed by atoms with Crippen molar-refractivity contribution < 1.29 is 4.79 Å². The second-order valence-electron chi connectivity index (χ2n) is 5.02. The lowest BCUT2D eigenvalue weighted by atomic mass is 10.0. The van der Waals surface area contributed by atoms with Crippen molar-refractivity contribution in [3.8, 4) is 11.1 Å². The zero-order valence-electron chi connectivity index (χ0n) is 12.1. The summed E-state index contributed by atoms with van der Waals surface area (Å²) in [5, 5.41) is 2.95. The molecule has 1 amide bonds. The Hall–Kier alpha value is -1.66. The topological polar surface area (TPSA) is 29.1 Å². The Morgan fingerprint density at radius 1 is 0.870 bits per heavy atom. The van der Waals surface area contributed by atoms with Crippen LogP contribution in [0.1, 0.15) is 10.4 Å². The number of benzene rings is 3. The van der Waals surface area contributed by atoms with Crippen LogP contribution in [0.25, 0.3) is 11.1 Å². The lowest BCUT2D eigenvalue weighted by Crippen LogP contribution is -2.12. The molecule has 0 aliphatic heterocycles. The largest absolute Gasteiger partial charge is 0.321 e. The minimum Gasteiger partial charge on any atom is -0.321 e. The Morgan fingerprint density at radius 3 is 2.17 bits per heavy atom. The molecule has 0 radical (unpaired) electrons. The van der Waals surface area contributed by atoms with Crippen molar-refractivity contribution in [1.82, 2.24) is 0 Å². The van der Waals surface area contributed by atoms with Gasteiger partial charge in [0, 0.05) is 13.6 Å². The quantitative estimate of drug-likeness (QED) is 0.462. The van der Waals surface area contributed by atoms with Crippen LogP contribution in [0, 0.1) is 3.57 Å². The number of anilines is 1. The molecule has 0 aliphatic carbocycles. The van der Waals surface area contributed by atoms with Crippen molar-refractivity contribution in [3.05, 3.63) is 86.4 Å². The third-order valence-electron chi connectivity index (χ3n) is 3.43. The molecule has 1 N–H and O–H groups in total. The van der Waals surface area contributed by atoms with Crippen LogP contribution in [0.3, 0.4) is 0 Å². The highest BCUT2D eigenvalue weighted by atomic mass is 127. The van der Waals surface area contributed by atoms with Gasteiger partial charge in [-0.1, -0.05) is 58.4 Å². The maximum atomic E-state index is 12.4. The van der Waals surface area contributed by atoms with Gasteiger partial charge in [-0.05, 0) is 64.0 Å². The summed E-state index contributed by atoms with van der Waals surface area (Å²) in [7, 11) is 0. The molecule has 0 atom stereocenters. The van der Waals surface area contributed by atoms with E-state index in [-0.39, 0.29) is 5.91 Å². The lowest BCUT2D eigenvalue weighted by Gasteiger charge is -2.08. The van der Waals surface area contributed by atoms with Gasteiger partial charge >= 0.3 is 0 Å². The van der Waals surface area contributed by atoms with Gasteiger partial charge in [-0.2, -0.15) is 0 Å². The first-order chi connectivity index (χ1) is 11.1. The monoisotopic (exact) mass is 477 g/mol. The Balaban J connectivity index is 1.78. The molecule has 114 valence electrons. The van der Waals surface area contributed by atoms with E-state index in [1.807, 2.05) is 60.7 Å². The fourth-order valence-electron chi connectivity index (χ4n) is 2.23. The second kappa shape index (κ2) is 7.27. The first kappa shape index (κ1) is 16.2. The number of carbonyl (C=O) groups is 1. The van der Waals surface area contributed by atoms with Gasteiger partial charge in [0.25, 0.3) is 5.91 Å². The van der Waals surface area contributed by atoms with E-state index < -0.39 is 0 Å². The van der Waals surface area contributed by atoms with Gasteiger partial charge in [0.05, 0.1) is 5.69 Å². The highest BCUT2D eigenvalue weighted by molar-refractivity contribution is 14.1. The zero-order valence-corrected chi connectivity index (χ0v) is 15.8. The third-order valence-corrected chi connectivity index (χ3v) is 4.82. The normalized spacial score (nSPS) is 10.3. The third kappa shape index (κ3) is 4.00. The van der Waals surface area contributed by atoms with E-state index in [0.29, 0.717) is 5.56 Å². The summed E-state index contributed by atoms with van der Waals surface area (Å²) in [6.45, 7) is 0. The average Bonchev–Trinajstić information content (AvgIpc) is 2.58. The Morgan fingerprint density at radius 2 is 1.52 bits per heavy atom. The van der Waals surface area contributed by atoms with E-state index in [2.05, 4.69) is 56.0 Å². The summed E-state index contributed by atoms with van der Waals surface area (Å²) in [6.07, 6.45) is 0. The Labute approximate surface area is 157 Å². The molecule has 0 saturated carbocycles. The summed E-state index contributed by atoms with van der Waals surface area (Å²) in [6, 6.07) is 23.5. The molecule has 3 aromatic carbocycles.